The van der Waals surface area contributed by atoms with Gasteiger partial charge in [0.1, 0.15) is 5.69 Å². The summed E-state index contributed by atoms with van der Waals surface area (Å²) < 4.78 is 7.54. The van der Waals surface area contributed by atoms with Crippen LogP contribution in [0.25, 0.3) is 0 Å². The lowest BCUT2D eigenvalue weighted by Gasteiger charge is -2.07. The van der Waals surface area contributed by atoms with Crippen molar-refractivity contribution in [2.75, 3.05) is 0 Å². The Morgan fingerprint density at radius 1 is 1.33 bits per heavy atom. The Kier molecular flexibility index (Phi) is 3.14. The average molecular weight is 245 g/mol. The summed E-state index contributed by atoms with van der Waals surface area (Å²) in [7, 11) is 1.87. The molecule has 0 unspecified atom stereocenters. The van der Waals surface area contributed by atoms with Gasteiger partial charge >= 0.3 is 0 Å². The summed E-state index contributed by atoms with van der Waals surface area (Å²) in [6.45, 7) is 5.68. The topological polar surface area (TPSA) is 57.0 Å². The first-order valence-electron chi connectivity index (χ1n) is 5.62. The summed E-state index contributed by atoms with van der Waals surface area (Å²) in [5.74, 6) is 1.21. The molecule has 0 aliphatic carbocycles. The Labute approximate surface area is 105 Å². The number of rotatable bonds is 3. The normalized spacial score (nSPS) is 10.4. The molecule has 0 bridgehead atoms. The van der Waals surface area contributed by atoms with Crippen LogP contribution in [0.5, 0.6) is 11.6 Å². The van der Waals surface area contributed by atoms with Crippen molar-refractivity contribution < 1.29 is 9.53 Å². The fraction of sp³-hybridized carbons (Fsp3) is 0.308. The van der Waals surface area contributed by atoms with Crippen LogP contribution in [-0.4, -0.2) is 21.1 Å². The Morgan fingerprint density at radius 2 is 2.06 bits per heavy atom. The molecule has 2 aromatic heterocycles. The maximum Gasteiger partial charge on any atom is 0.222 e. The lowest BCUT2D eigenvalue weighted by molar-refractivity contribution is 0.112. The van der Waals surface area contributed by atoms with E-state index in [4.69, 9.17) is 4.74 Å². The summed E-state index contributed by atoms with van der Waals surface area (Å²) in [5.41, 5.74) is 3.12. The molecule has 0 saturated heterocycles. The summed E-state index contributed by atoms with van der Waals surface area (Å²) >= 11 is 0. The van der Waals surface area contributed by atoms with Gasteiger partial charge in [-0.15, -0.1) is 0 Å². The number of hydrogen-bond donors (Lipinski definition) is 0. The molecule has 0 N–H and O–H groups in total. The highest BCUT2D eigenvalue weighted by Gasteiger charge is 2.13. The molecular formula is C13H15N3O2. The fourth-order valence-electron chi connectivity index (χ4n) is 1.75. The van der Waals surface area contributed by atoms with Gasteiger partial charge in [0, 0.05) is 24.4 Å². The van der Waals surface area contributed by atoms with Crippen molar-refractivity contribution >= 4 is 6.29 Å². The van der Waals surface area contributed by atoms with Crippen LogP contribution in [0.15, 0.2) is 12.3 Å². The smallest absolute Gasteiger partial charge is 0.222 e. The second kappa shape index (κ2) is 4.60. The van der Waals surface area contributed by atoms with Crippen molar-refractivity contribution in [1.29, 1.82) is 0 Å². The zero-order valence-electron chi connectivity index (χ0n) is 10.9. The van der Waals surface area contributed by atoms with Crippen LogP contribution >= 0.6 is 0 Å². The van der Waals surface area contributed by atoms with Gasteiger partial charge in [-0.05, 0) is 26.8 Å². The van der Waals surface area contributed by atoms with Crippen LogP contribution in [0.3, 0.4) is 0 Å². The SMILES string of the molecule is Cc1cc(C=O)cnc1Oc1c(C)nn(C)c1C. The zero-order valence-corrected chi connectivity index (χ0v) is 10.9. The Morgan fingerprint density at radius 3 is 2.56 bits per heavy atom. The van der Waals surface area contributed by atoms with E-state index < -0.39 is 0 Å². The predicted octanol–water partition coefficient (Wildman–Crippen LogP) is 2.35. The number of pyridine rings is 1. The van der Waals surface area contributed by atoms with Crippen molar-refractivity contribution in [2.45, 2.75) is 20.8 Å². The van der Waals surface area contributed by atoms with Gasteiger partial charge < -0.3 is 4.74 Å². The molecule has 18 heavy (non-hydrogen) atoms. The van der Waals surface area contributed by atoms with Gasteiger partial charge in [0.2, 0.25) is 5.88 Å². The standard InChI is InChI=1S/C13H15N3O2/c1-8-5-11(7-17)6-14-13(8)18-12-9(2)15-16(4)10(12)3/h5-7H,1-4H3. The van der Waals surface area contributed by atoms with Gasteiger partial charge in [-0.2, -0.15) is 5.10 Å². The maximum atomic E-state index is 10.6. The zero-order chi connectivity index (χ0) is 13.3. The fourth-order valence-corrected chi connectivity index (χ4v) is 1.75. The first-order chi connectivity index (χ1) is 8.52. The Balaban J connectivity index is 2.37. The van der Waals surface area contributed by atoms with Crippen molar-refractivity contribution in [3.05, 3.63) is 34.8 Å². The molecule has 0 saturated carbocycles. The van der Waals surface area contributed by atoms with E-state index in [9.17, 15) is 4.79 Å². The van der Waals surface area contributed by atoms with Gasteiger partial charge in [-0.1, -0.05) is 0 Å². The van der Waals surface area contributed by atoms with Gasteiger partial charge in [0.25, 0.3) is 0 Å². The number of aryl methyl sites for hydroxylation is 3. The van der Waals surface area contributed by atoms with E-state index in [-0.39, 0.29) is 0 Å². The average Bonchev–Trinajstić information content (AvgIpc) is 2.58. The molecule has 94 valence electrons. The molecule has 0 radical (unpaired) electrons. The van der Waals surface area contributed by atoms with E-state index in [2.05, 4.69) is 10.1 Å². The van der Waals surface area contributed by atoms with Crippen LogP contribution in [0, 0.1) is 20.8 Å². The first-order valence-corrected chi connectivity index (χ1v) is 5.62. The first kappa shape index (κ1) is 12.3. The van der Waals surface area contributed by atoms with Crippen molar-refractivity contribution in [1.82, 2.24) is 14.8 Å². The van der Waals surface area contributed by atoms with Gasteiger partial charge in [0.15, 0.2) is 12.0 Å². The number of aldehydes is 1. The van der Waals surface area contributed by atoms with E-state index in [1.807, 2.05) is 27.8 Å². The molecule has 0 aliphatic rings. The molecule has 0 aromatic carbocycles. The third-order valence-corrected chi connectivity index (χ3v) is 2.83. The van der Waals surface area contributed by atoms with Crippen LogP contribution in [-0.2, 0) is 7.05 Å². The lowest BCUT2D eigenvalue weighted by atomic mass is 10.2. The molecule has 0 aliphatic heterocycles. The highest BCUT2D eigenvalue weighted by atomic mass is 16.5. The quantitative estimate of drug-likeness (QED) is 0.779. The highest BCUT2D eigenvalue weighted by molar-refractivity contribution is 5.74. The number of aromatic nitrogens is 3. The molecule has 0 spiro atoms. The van der Waals surface area contributed by atoms with Gasteiger partial charge in [-0.3, -0.25) is 9.48 Å². The third-order valence-electron chi connectivity index (χ3n) is 2.83. The van der Waals surface area contributed by atoms with Crippen molar-refractivity contribution in [3.8, 4) is 11.6 Å². The summed E-state index contributed by atoms with van der Waals surface area (Å²) in [5, 5.41) is 4.28. The number of hydrogen-bond acceptors (Lipinski definition) is 4. The van der Waals surface area contributed by atoms with Crippen molar-refractivity contribution in [3.63, 3.8) is 0 Å². The Bertz CT molecular complexity index is 603. The Hall–Kier alpha value is -2.17. The summed E-state index contributed by atoms with van der Waals surface area (Å²) in [6.07, 6.45) is 2.26. The highest BCUT2D eigenvalue weighted by Crippen LogP contribution is 2.28. The largest absolute Gasteiger partial charge is 0.435 e. The van der Waals surface area contributed by atoms with E-state index in [0.29, 0.717) is 17.2 Å². The molecule has 5 heteroatoms. The lowest BCUT2D eigenvalue weighted by Crippen LogP contribution is -1.96. The number of carbonyl (C=O) groups is 1. The van der Waals surface area contributed by atoms with E-state index in [1.54, 1.807) is 10.7 Å². The van der Waals surface area contributed by atoms with E-state index in [1.165, 1.54) is 6.20 Å². The van der Waals surface area contributed by atoms with Crippen molar-refractivity contribution in [2.24, 2.45) is 7.05 Å². The molecule has 2 rings (SSSR count). The number of carbonyl (C=O) groups excluding carboxylic acids is 1. The predicted molar refractivity (Wildman–Crippen MR) is 67.1 cm³/mol. The van der Waals surface area contributed by atoms with E-state index >= 15 is 0 Å². The second-order valence-corrected chi connectivity index (χ2v) is 4.23. The molecule has 2 heterocycles. The minimum absolute atomic E-state index is 0.500. The van der Waals surface area contributed by atoms with Gasteiger partial charge in [0.05, 0.1) is 5.69 Å². The molecule has 2 aromatic rings. The van der Waals surface area contributed by atoms with E-state index in [0.717, 1.165) is 23.2 Å². The van der Waals surface area contributed by atoms with Gasteiger partial charge in [-0.25, -0.2) is 4.98 Å². The van der Waals surface area contributed by atoms with Crippen LogP contribution < -0.4 is 4.74 Å². The third kappa shape index (κ3) is 2.11. The number of ether oxygens (including phenoxy) is 1. The molecular weight excluding hydrogens is 230 g/mol. The minimum atomic E-state index is 0.500. The maximum absolute atomic E-state index is 10.6. The summed E-state index contributed by atoms with van der Waals surface area (Å²) in [6, 6.07) is 1.75. The second-order valence-electron chi connectivity index (χ2n) is 4.23. The molecule has 0 fully saturated rings. The van der Waals surface area contributed by atoms with Crippen LogP contribution in [0.1, 0.15) is 27.3 Å². The number of nitrogens with zero attached hydrogens (tertiary/aromatic N) is 3. The molecule has 0 atom stereocenters. The molecule has 5 nitrogen and oxygen atoms in total. The minimum Gasteiger partial charge on any atom is -0.435 e. The van der Waals surface area contributed by atoms with Crippen LogP contribution in [0.4, 0.5) is 0 Å². The molecule has 0 amide bonds. The summed E-state index contributed by atoms with van der Waals surface area (Å²) in [4.78, 5) is 14.8. The van der Waals surface area contributed by atoms with Crippen LogP contribution in [0.2, 0.25) is 0 Å². The monoisotopic (exact) mass is 245 g/mol.